The van der Waals surface area contributed by atoms with E-state index in [2.05, 4.69) is 6.07 Å². The Morgan fingerprint density at radius 2 is 1.82 bits per heavy atom. The summed E-state index contributed by atoms with van der Waals surface area (Å²) in [4.78, 5) is 13.7. The molecule has 7 nitrogen and oxygen atoms in total. The monoisotopic (exact) mass is 447 g/mol. The van der Waals surface area contributed by atoms with E-state index in [0.29, 0.717) is 22.8 Å². The highest BCUT2D eigenvalue weighted by Gasteiger charge is 2.34. The van der Waals surface area contributed by atoms with Gasteiger partial charge in [0, 0.05) is 11.8 Å². The summed E-state index contributed by atoms with van der Waals surface area (Å²) in [7, 11) is 3.10. The van der Waals surface area contributed by atoms with Gasteiger partial charge in [0.15, 0.2) is 11.5 Å². The van der Waals surface area contributed by atoms with Crippen LogP contribution in [0.25, 0.3) is 0 Å². The molecule has 168 valence electrons. The molecule has 1 unspecified atom stereocenters. The first-order valence-electron chi connectivity index (χ1n) is 10.2. The number of benzene rings is 2. The van der Waals surface area contributed by atoms with E-state index in [4.69, 9.17) is 19.9 Å². The number of nitrogens with two attached hydrogens (primary N) is 1. The standard InChI is InChI=1S/C25H22FN3O4/c1-14-10-21-23(22(18(12-27)24(28)33-21)16-5-7-17(26)8-6-16)25(30)29(14)13-15-4-9-19(31-2)20(11-15)32-3/h4-11,22H,13,28H2,1-3H3. The minimum atomic E-state index is -0.774. The van der Waals surface area contributed by atoms with Crippen LogP contribution in [0, 0.1) is 24.1 Å². The molecule has 0 fully saturated rings. The maximum absolute atomic E-state index is 13.7. The number of ether oxygens (including phenoxy) is 3. The Morgan fingerprint density at radius 3 is 2.45 bits per heavy atom. The Kier molecular flexibility index (Phi) is 5.80. The van der Waals surface area contributed by atoms with Crippen molar-refractivity contribution in [1.82, 2.24) is 4.57 Å². The van der Waals surface area contributed by atoms with Crippen LogP contribution in [0.1, 0.15) is 28.3 Å². The summed E-state index contributed by atoms with van der Waals surface area (Å²) in [5.41, 5.74) is 8.11. The number of aromatic nitrogens is 1. The summed E-state index contributed by atoms with van der Waals surface area (Å²) in [6, 6.07) is 14.8. The maximum Gasteiger partial charge on any atom is 0.259 e. The molecule has 4 rings (SSSR count). The predicted molar refractivity (Wildman–Crippen MR) is 120 cm³/mol. The highest BCUT2D eigenvalue weighted by molar-refractivity contribution is 5.55. The SMILES string of the molecule is COc1ccc(Cn2c(C)cc3c(c2=O)C(c2ccc(F)cc2)C(C#N)=C(N)O3)cc1OC. The molecule has 1 aromatic heterocycles. The van der Waals surface area contributed by atoms with E-state index in [-0.39, 0.29) is 34.9 Å². The smallest absolute Gasteiger partial charge is 0.259 e. The van der Waals surface area contributed by atoms with E-state index in [0.717, 1.165) is 5.56 Å². The van der Waals surface area contributed by atoms with Gasteiger partial charge in [0.25, 0.3) is 5.56 Å². The van der Waals surface area contributed by atoms with Crippen LogP contribution in [0.4, 0.5) is 4.39 Å². The number of rotatable bonds is 5. The molecular weight excluding hydrogens is 425 g/mol. The molecule has 2 heterocycles. The number of pyridine rings is 1. The van der Waals surface area contributed by atoms with Crippen LogP contribution in [0.5, 0.6) is 17.2 Å². The lowest BCUT2D eigenvalue weighted by Crippen LogP contribution is -2.33. The lowest BCUT2D eigenvalue weighted by molar-refractivity contribution is 0.354. The van der Waals surface area contributed by atoms with E-state index < -0.39 is 11.7 Å². The second kappa shape index (κ2) is 8.71. The van der Waals surface area contributed by atoms with Crippen LogP contribution in [0.3, 0.4) is 0 Å². The third-order valence-corrected chi connectivity index (χ3v) is 5.68. The van der Waals surface area contributed by atoms with Crippen molar-refractivity contribution in [1.29, 1.82) is 5.26 Å². The van der Waals surface area contributed by atoms with Crippen LogP contribution < -0.4 is 25.5 Å². The van der Waals surface area contributed by atoms with Crippen molar-refractivity contribution in [3.05, 3.63) is 98.5 Å². The topological polar surface area (TPSA) is 99.5 Å². The molecule has 0 saturated heterocycles. The van der Waals surface area contributed by atoms with Crippen molar-refractivity contribution in [2.75, 3.05) is 14.2 Å². The first-order chi connectivity index (χ1) is 15.9. The molecule has 2 aromatic carbocycles. The molecule has 0 radical (unpaired) electrons. The van der Waals surface area contributed by atoms with Gasteiger partial charge in [-0.15, -0.1) is 0 Å². The van der Waals surface area contributed by atoms with Crippen molar-refractivity contribution in [2.24, 2.45) is 5.73 Å². The molecular formula is C25H22FN3O4. The lowest BCUT2D eigenvalue weighted by atomic mass is 9.84. The van der Waals surface area contributed by atoms with Crippen molar-refractivity contribution in [3.8, 4) is 23.3 Å². The summed E-state index contributed by atoms with van der Waals surface area (Å²) in [5.74, 6) is 0.150. The molecule has 8 heteroatoms. The number of allylic oxidation sites excluding steroid dienone is 1. The predicted octanol–water partition coefficient (Wildman–Crippen LogP) is 3.58. The van der Waals surface area contributed by atoms with Gasteiger partial charge in [-0.3, -0.25) is 4.79 Å². The largest absolute Gasteiger partial charge is 0.493 e. The minimum absolute atomic E-state index is 0.0734. The molecule has 0 bridgehead atoms. The number of fused-ring (bicyclic) bond motifs is 1. The third-order valence-electron chi connectivity index (χ3n) is 5.68. The van der Waals surface area contributed by atoms with Crippen molar-refractivity contribution in [3.63, 3.8) is 0 Å². The quantitative estimate of drug-likeness (QED) is 0.642. The van der Waals surface area contributed by atoms with Crippen LogP contribution in [-0.4, -0.2) is 18.8 Å². The second-order valence-electron chi connectivity index (χ2n) is 7.62. The van der Waals surface area contributed by atoms with Crippen molar-refractivity contribution < 1.29 is 18.6 Å². The molecule has 0 aliphatic carbocycles. The van der Waals surface area contributed by atoms with E-state index >= 15 is 0 Å². The summed E-state index contributed by atoms with van der Waals surface area (Å²) in [5, 5.41) is 9.75. The Labute approximate surface area is 190 Å². The fourth-order valence-electron chi connectivity index (χ4n) is 4.03. The molecule has 3 aromatic rings. The Hall–Kier alpha value is -4.25. The van der Waals surface area contributed by atoms with Gasteiger partial charge in [-0.2, -0.15) is 5.26 Å². The van der Waals surface area contributed by atoms with Crippen molar-refractivity contribution in [2.45, 2.75) is 19.4 Å². The Morgan fingerprint density at radius 1 is 1.12 bits per heavy atom. The zero-order chi connectivity index (χ0) is 23.7. The molecule has 1 aliphatic rings. The van der Waals surface area contributed by atoms with Crippen molar-refractivity contribution >= 4 is 0 Å². The van der Waals surface area contributed by atoms with E-state index in [1.165, 1.54) is 24.3 Å². The summed E-state index contributed by atoms with van der Waals surface area (Å²) in [6.07, 6.45) is 0. The van der Waals surface area contributed by atoms with Gasteiger partial charge in [0.1, 0.15) is 23.2 Å². The lowest BCUT2D eigenvalue weighted by Gasteiger charge is -2.27. The third kappa shape index (κ3) is 3.89. The number of nitrogens with zero attached hydrogens (tertiary/aromatic N) is 2. The number of aryl methyl sites for hydroxylation is 1. The summed E-state index contributed by atoms with van der Waals surface area (Å²) < 4.78 is 31.5. The van der Waals surface area contributed by atoms with Crippen LogP contribution in [0.15, 0.2) is 64.8 Å². The van der Waals surface area contributed by atoms with E-state index in [1.807, 2.05) is 6.07 Å². The molecule has 2 N–H and O–H groups in total. The van der Waals surface area contributed by atoms with Crippen LogP contribution in [-0.2, 0) is 6.54 Å². The van der Waals surface area contributed by atoms with Gasteiger partial charge in [-0.05, 0) is 42.3 Å². The van der Waals surface area contributed by atoms with Gasteiger partial charge < -0.3 is 24.5 Å². The average Bonchev–Trinajstić information content (AvgIpc) is 2.81. The molecule has 0 spiro atoms. The number of hydrogen-bond acceptors (Lipinski definition) is 6. The van der Waals surface area contributed by atoms with Crippen LogP contribution in [0.2, 0.25) is 0 Å². The van der Waals surface area contributed by atoms with E-state index in [9.17, 15) is 14.4 Å². The zero-order valence-electron chi connectivity index (χ0n) is 18.4. The highest BCUT2D eigenvalue weighted by Crippen LogP contribution is 2.40. The first kappa shape index (κ1) is 22.0. The number of hydrogen-bond donors (Lipinski definition) is 1. The Balaban J connectivity index is 1.87. The maximum atomic E-state index is 13.7. The minimum Gasteiger partial charge on any atom is -0.493 e. The number of methoxy groups -OCH3 is 2. The molecule has 0 saturated carbocycles. The van der Waals surface area contributed by atoms with E-state index in [1.54, 1.807) is 43.9 Å². The number of nitriles is 1. The van der Waals surface area contributed by atoms with Crippen LogP contribution >= 0.6 is 0 Å². The van der Waals surface area contributed by atoms with Gasteiger partial charge in [0.05, 0.1) is 32.2 Å². The summed E-state index contributed by atoms with van der Waals surface area (Å²) >= 11 is 0. The fourth-order valence-corrected chi connectivity index (χ4v) is 4.03. The van der Waals surface area contributed by atoms with Gasteiger partial charge >= 0.3 is 0 Å². The number of halogens is 1. The molecule has 33 heavy (non-hydrogen) atoms. The zero-order valence-corrected chi connectivity index (χ0v) is 18.4. The Bertz CT molecular complexity index is 1350. The average molecular weight is 447 g/mol. The first-order valence-corrected chi connectivity index (χ1v) is 10.2. The normalized spacial score (nSPS) is 14.8. The molecule has 1 aliphatic heterocycles. The summed E-state index contributed by atoms with van der Waals surface area (Å²) in [6.45, 7) is 2.05. The highest BCUT2D eigenvalue weighted by atomic mass is 19.1. The van der Waals surface area contributed by atoms with Gasteiger partial charge in [-0.25, -0.2) is 4.39 Å². The van der Waals surface area contributed by atoms with Gasteiger partial charge in [0.2, 0.25) is 5.88 Å². The molecule has 0 amide bonds. The van der Waals surface area contributed by atoms with Gasteiger partial charge in [-0.1, -0.05) is 18.2 Å². The fraction of sp³-hybridized carbons (Fsp3) is 0.200. The second-order valence-corrected chi connectivity index (χ2v) is 7.62. The molecule has 1 atom stereocenters.